The van der Waals surface area contributed by atoms with Gasteiger partial charge in [0.1, 0.15) is 0 Å². The van der Waals surface area contributed by atoms with E-state index in [1.54, 1.807) is 30.3 Å². The lowest BCUT2D eigenvalue weighted by atomic mass is 10.2. The number of ether oxygens (including phenoxy) is 1. The topological polar surface area (TPSA) is 68.3 Å². The Hall–Kier alpha value is -2.73. The summed E-state index contributed by atoms with van der Waals surface area (Å²) < 4.78 is 5.98. The molecule has 2 aromatic carbocycles. The standard InChI is InChI=1S/C17H14N2O3S/c1-11-7-8-13-14(9-11)23-17(18-13)19-15(20)10-22-16(21)12-5-3-2-4-6-12/h2-9H,10H2,1H3,(H,18,19,20). The molecule has 0 fully saturated rings. The number of rotatable bonds is 4. The van der Waals surface area contributed by atoms with Crippen LogP contribution in [0.1, 0.15) is 15.9 Å². The third-order valence-corrected chi connectivity index (χ3v) is 4.07. The van der Waals surface area contributed by atoms with Crippen molar-refractivity contribution in [3.63, 3.8) is 0 Å². The van der Waals surface area contributed by atoms with Crippen LogP contribution in [0.2, 0.25) is 0 Å². The number of fused-ring (bicyclic) bond motifs is 1. The van der Waals surface area contributed by atoms with E-state index in [-0.39, 0.29) is 6.61 Å². The van der Waals surface area contributed by atoms with Crippen LogP contribution in [0.3, 0.4) is 0 Å². The number of thiazole rings is 1. The molecular formula is C17H14N2O3S. The van der Waals surface area contributed by atoms with Crippen LogP contribution in [0.25, 0.3) is 10.2 Å². The molecule has 0 atom stereocenters. The Morgan fingerprint density at radius 1 is 1.17 bits per heavy atom. The molecule has 0 radical (unpaired) electrons. The predicted octanol–water partition coefficient (Wildman–Crippen LogP) is 3.40. The van der Waals surface area contributed by atoms with Crippen LogP contribution >= 0.6 is 11.3 Å². The molecule has 0 saturated heterocycles. The zero-order valence-electron chi connectivity index (χ0n) is 12.4. The minimum Gasteiger partial charge on any atom is -0.452 e. The van der Waals surface area contributed by atoms with Gasteiger partial charge in [-0.3, -0.25) is 10.1 Å². The lowest BCUT2D eigenvalue weighted by Gasteiger charge is -2.04. The van der Waals surface area contributed by atoms with Crippen molar-refractivity contribution >= 4 is 38.6 Å². The second-order valence-electron chi connectivity index (χ2n) is 4.98. The summed E-state index contributed by atoms with van der Waals surface area (Å²) in [6.45, 7) is 1.66. The van der Waals surface area contributed by atoms with Crippen molar-refractivity contribution in [2.75, 3.05) is 11.9 Å². The predicted molar refractivity (Wildman–Crippen MR) is 89.7 cm³/mol. The van der Waals surface area contributed by atoms with Crippen LogP contribution in [0.15, 0.2) is 48.5 Å². The van der Waals surface area contributed by atoms with E-state index in [2.05, 4.69) is 10.3 Å². The molecule has 0 saturated carbocycles. The summed E-state index contributed by atoms with van der Waals surface area (Å²) in [4.78, 5) is 28.0. The van der Waals surface area contributed by atoms with Crippen molar-refractivity contribution in [2.45, 2.75) is 6.92 Å². The van der Waals surface area contributed by atoms with Gasteiger partial charge in [-0.2, -0.15) is 0 Å². The Balaban J connectivity index is 1.59. The molecule has 0 aliphatic carbocycles. The Bertz CT molecular complexity index is 859. The second-order valence-corrected chi connectivity index (χ2v) is 6.01. The average molecular weight is 326 g/mol. The molecule has 1 N–H and O–H groups in total. The molecule has 1 amide bonds. The fourth-order valence-corrected chi connectivity index (χ4v) is 3.01. The maximum atomic E-state index is 11.9. The molecule has 116 valence electrons. The highest BCUT2D eigenvalue weighted by atomic mass is 32.1. The lowest BCUT2D eigenvalue weighted by molar-refractivity contribution is -0.119. The Morgan fingerprint density at radius 2 is 1.96 bits per heavy atom. The summed E-state index contributed by atoms with van der Waals surface area (Å²) >= 11 is 1.39. The molecule has 0 bridgehead atoms. The van der Waals surface area contributed by atoms with Gasteiger partial charge in [-0.15, -0.1) is 0 Å². The zero-order valence-corrected chi connectivity index (χ0v) is 13.2. The number of benzene rings is 2. The first-order chi connectivity index (χ1) is 11.1. The van der Waals surface area contributed by atoms with Gasteiger partial charge in [0, 0.05) is 0 Å². The molecular weight excluding hydrogens is 312 g/mol. The molecule has 0 aliphatic heterocycles. The van der Waals surface area contributed by atoms with E-state index in [0.29, 0.717) is 10.7 Å². The van der Waals surface area contributed by atoms with Crippen molar-refractivity contribution in [3.05, 3.63) is 59.7 Å². The van der Waals surface area contributed by atoms with E-state index in [9.17, 15) is 9.59 Å². The van der Waals surface area contributed by atoms with Gasteiger partial charge in [0.2, 0.25) is 0 Å². The van der Waals surface area contributed by atoms with Crippen LogP contribution in [0.4, 0.5) is 5.13 Å². The number of hydrogen-bond donors (Lipinski definition) is 1. The minimum atomic E-state index is -0.527. The summed E-state index contributed by atoms with van der Waals surface area (Å²) in [5, 5.41) is 3.14. The zero-order chi connectivity index (χ0) is 16.2. The smallest absolute Gasteiger partial charge is 0.338 e. The van der Waals surface area contributed by atoms with E-state index >= 15 is 0 Å². The molecule has 1 aromatic heterocycles. The number of hydrogen-bond acceptors (Lipinski definition) is 5. The van der Waals surface area contributed by atoms with Crippen LogP contribution in [0, 0.1) is 6.92 Å². The first-order valence-corrected chi connectivity index (χ1v) is 7.83. The van der Waals surface area contributed by atoms with Crippen LogP contribution in [-0.2, 0) is 9.53 Å². The van der Waals surface area contributed by atoms with Crippen molar-refractivity contribution in [1.29, 1.82) is 0 Å². The van der Waals surface area contributed by atoms with Crippen molar-refractivity contribution in [1.82, 2.24) is 4.98 Å². The highest BCUT2D eigenvalue weighted by Gasteiger charge is 2.12. The summed E-state index contributed by atoms with van der Waals surface area (Å²) in [5.41, 5.74) is 2.38. The molecule has 3 aromatic rings. The van der Waals surface area contributed by atoms with E-state index in [0.717, 1.165) is 15.8 Å². The Morgan fingerprint density at radius 3 is 2.74 bits per heavy atom. The average Bonchev–Trinajstić information content (AvgIpc) is 2.94. The summed E-state index contributed by atoms with van der Waals surface area (Å²) in [6.07, 6.45) is 0. The monoisotopic (exact) mass is 326 g/mol. The number of anilines is 1. The van der Waals surface area contributed by atoms with Crippen LogP contribution in [-0.4, -0.2) is 23.5 Å². The summed E-state index contributed by atoms with van der Waals surface area (Å²) in [7, 11) is 0. The van der Waals surface area contributed by atoms with Gasteiger partial charge in [-0.25, -0.2) is 9.78 Å². The molecule has 1 heterocycles. The second kappa shape index (κ2) is 6.58. The summed E-state index contributed by atoms with van der Waals surface area (Å²) in [6, 6.07) is 14.4. The van der Waals surface area contributed by atoms with Crippen molar-refractivity contribution < 1.29 is 14.3 Å². The number of amides is 1. The molecule has 0 unspecified atom stereocenters. The molecule has 3 rings (SSSR count). The molecule has 23 heavy (non-hydrogen) atoms. The van der Waals surface area contributed by atoms with Gasteiger partial charge < -0.3 is 4.74 Å². The number of nitrogens with zero attached hydrogens (tertiary/aromatic N) is 1. The van der Waals surface area contributed by atoms with Crippen LogP contribution < -0.4 is 5.32 Å². The normalized spacial score (nSPS) is 10.5. The van der Waals surface area contributed by atoms with E-state index in [1.165, 1.54) is 11.3 Å². The highest BCUT2D eigenvalue weighted by Crippen LogP contribution is 2.26. The first-order valence-electron chi connectivity index (χ1n) is 7.01. The van der Waals surface area contributed by atoms with Gasteiger partial charge >= 0.3 is 5.97 Å². The van der Waals surface area contributed by atoms with Gasteiger partial charge in [-0.1, -0.05) is 35.6 Å². The largest absolute Gasteiger partial charge is 0.452 e. The number of esters is 1. The number of carbonyl (C=O) groups is 2. The fourth-order valence-electron chi connectivity index (χ4n) is 2.03. The molecule has 5 nitrogen and oxygen atoms in total. The minimum absolute atomic E-state index is 0.345. The number of carbonyl (C=O) groups excluding carboxylic acids is 2. The van der Waals surface area contributed by atoms with Gasteiger partial charge in [0.15, 0.2) is 11.7 Å². The van der Waals surface area contributed by atoms with E-state index < -0.39 is 11.9 Å². The van der Waals surface area contributed by atoms with E-state index in [4.69, 9.17) is 4.74 Å². The maximum absolute atomic E-state index is 11.9. The van der Waals surface area contributed by atoms with Crippen molar-refractivity contribution in [2.24, 2.45) is 0 Å². The van der Waals surface area contributed by atoms with Gasteiger partial charge in [0.25, 0.3) is 5.91 Å². The highest BCUT2D eigenvalue weighted by molar-refractivity contribution is 7.22. The number of nitrogens with one attached hydrogen (secondary N) is 1. The third-order valence-electron chi connectivity index (χ3n) is 3.13. The Labute approximate surface area is 136 Å². The number of aromatic nitrogens is 1. The lowest BCUT2D eigenvalue weighted by Crippen LogP contribution is -2.20. The molecule has 6 heteroatoms. The number of aryl methyl sites for hydroxylation is 1. The summed E-state index contributed by atoms with van der Waals surface area (Å²) in [5.74, 6) is -0.939. The third kappa shape index (κ3) is 3.73. The SMILES string of the molecule is Cc1ccc2nc(NC(=O)COC(=O)c3ccccc3)sc2c1. The quantitative estimate of drug-likeness (QED) is 0.746. The fraction of sp³-hybridized carbons (Fsp3) is 0.118. The molecule has 0 spiro atoms. The van der Waals surface area contributed by atoms with Gasteiger partial charge in [-0.05, 0) is 36.8 Å². The van der Waals surface area contributed by atoms with Gasteiger partial charge in [0.05, 0.1) is 15.8 Å². The van der Waals surface area contributed by atoms with Crippen LogP contribution in [0.5, 0.6) is 0 Å². The van der Waals surface area contributed by atoms with Crippen molar-refractivity contribution in [3.8, 4) is 0 Å². The maximum Gasteiger partial charge on any atom is 0.338 e. The molecule has 0 aliphatic rings. The Kier molecular flexibility index (Phi) is 4.34. The first kappa shape index (κ1) is 15.2. The van der Waals surface area contributed by atoms with E-state index in [1.807, 2.05) is 25.1 Å².